The smallest absolute Gasteiger partial charge is 0.317 e. The van der Waals surface area contributed by atoms with Gasteiger partial charge in [0.1, 0.15) is 10.7 Å². The Balaban J connectivity index is 1.53. The lowest BCUT2D eigenvalue weighted by molar-refractivity contribution is 0.111. The van der Waals surface area contributed by atoms with Crippen LogP contribution in [0.4, 0.5) is 4.79 Å². The Morgan fingerprint density at radius 3 is 2.82 bits per heavy atom. The van der Waals surface area contributed by atoms with Gasteiger partial charge in [0.15, 0.2) is 0 Å². The molecule has 3 heterocycles. The molecular formula is C20H29N5O2S. The Morgan fingerprint density at radius 2 is 2.11 bits per heavy atom. The number of amides is 2. The molecule has 0 bridgehead atoms. The third-order valence-electron chi connectivity index (χ3n) is 6.06. The summed E-state index contributed by atoms with van der Waals surface area (Å²) in [6.45, 7) is 9.86. The number of piperazine rings is 1. The third-order valence-corrected chi connectivity index (χ3v) is 7.20. The summed E-state index contributed by atoms with van der Waals surface area (Å²) in [6.07, 6.45) is 3.19. The molecule has 0 radical (unpaired) electrons. The molecule has 152 valence electrons. The minimum Gasteiger partial charge on any atom is -0.338 e. The van der Waals surface area contributed by atoms with Gasteiger partial charge in [0.25, 0.3) is 5.56 Å². The predicted octanol–water partition coefficient (Wildman–Crippen LogP) is 2.52. The van der Waals surface area contributed by atoms with Gasteiger partial charge in [0, 0.05) is 37.6 Å². The molecule has 1 aliphatic carbocycles. The fourth-order valence-corrected chi connectivity index (χ4v) is 5.70. The summed E-state index contributed by atoms with van der Waals surface area (Å²) >= 11 is 1.69. The molecule has 28 heavy (non-hydrogen) atoms. The largest absolute Gasteiger partial charge is 0.338 e. The van der Waals surface area contributed by atoms with Gasteiger partial charge in [-0.05, 0) is 44.6 Å². The first-order valence-electron chi connectivity index (χ1n) is 10.3. The number of carbonyl (C=O) groups is 1. The molecule has 1 fully saturated rings. The van der Waals surface area contributed by atoms with Crippen molar-refractivity contribution in [1.82, 2.24) is 25.1 Å². The van der Waals surface area contributed by atoms with Crippen molar-refractivity contribution in [3.05, 3.63) is 26.6 Å². The van der Waals surface area contributed by atoms with Crippen LogP contribution in [-0.4, -0.2) is 58.5 Å². The van der Waals surface area contributed by atoms with E-state index in [0.29, 0.717) is 25.6 Å². The van der Waals surface area contributed by atoms with E-state index in [4.69, 9.17) is 4.98 Å². The monoisotopic (exact) mass is 403 g/mol. The van der Waals surface area contributed by atoms with Gasteiger partial charge >= 0.3 is 6.03 Å². The standard InChI is InChI=1S/C20H29N5O2S/c1-4-21-20(27)25-9-7-24(8-10-25)13(3)17-22-18(26)16-14-6-5-12(2)11-15(14)28-19(16)23-17/h12-13H,4-11H2,1-3H3,(H,21,27)(H,22,23,26). The number of hydrogen-bond acceptors (Lipinski definition) is 5. The van der Waals surface area contributed by atoms with Gasteiger partial charge in [-0.3, -0.25) is 9.69 Å². The number of thiophene rings is 1. The van der Waals surface area contributed by atoms with Crippen LogP contribution in [0.1, 0.15) is 49.5 Å². The fraction of sp³-hybridized carbons (Fsp3) is 0.650. The number of nitrogens with one attached hydrogen (secondary N) is 2. The Labute approximate surface area is 169 Å². The van der Waals surface area contributed by atoms with E-state index >= 15 is 0 Å². The number of aromatic nitrogens is 2. The summed E-state index contributed by atoms with van der Waals surface area (Å²) < 4.78 is 0. The van der Waals surface area contributed by atoms with Crippen molar-refractivity contribution in [2.24, 2.45) is 5.92 Å². The molecule has 2 aromatic heterocycles. The Bertz CT molecular complexity index is 929. The number of fused-ring (bicyclic) bond motifs is 3. The van der Waals surface area contributed by atoms with Gasteiger partial charge in [-0.1, -0.05) is 6.92 Å². The Kier molecular flexibility index (Phi) is 5.42. The molecule has 2 atom stereocenters. The molecule has 0 aromatic carbocycles. The normalized spacial score (nSPS) is 21.5. The van der Waals surface area contributed by atoms with Crippen LogP contribution in [0.25, 0.3) is 10.2 Å². The second-order valence-corrected chi connectivity index (χ2v) is 9.10. The highest BCUT2D eigenvalue weighted by molar-refractivity contribution is 7.18. The molecule has 7 nitrogen and oxygen atoms in total. The third kappa shape index (κ3) is 3.55. The van der Waals surface area contributed by atoms with Gasteiger partial charge in [0.05, 0.1) is 11.4 Å². The molecule has 0 spiro atoms. The molecule has 4 rings (SSSR count). The first-order valence-corrected chi connectivity index (χ1v) is 11.1. The summed E-state index contributed by atoms with van der Waals surface area (Å²) in [6, 6.07) is 0.0210. The van der Waals surface area contributed by atoms with Crippen LogP contribution in [0.2, 0.25) is 0 Å². The molecule has 1 saturated heterocycles. The lowest BCUT2D eigenvalue weighted by atomic mass is 9.89. The van der Waals surface area contributed by atoms with Crippen LogP contribution in [0.5, 0.6) is 0 Å². The maximum atomic E-state index is 12.8. The van der Waals surface area contributed by atoms with Crippen molar-refractivity contribution >= 4 is 27.6 Å². The molecule has 2 amide bonds. The minimum atomic E-state index is -0.000127. The van der Waals surface area contributed by atoms with Crippen LogP contribution in [0, 0.1) is 5.92 Å². The quantitative estimate of drug-likeness (QED) is 0.825. The van der Waals surface area contributed by atoms with Crippen molar-refractivity contribution in [3.63, 3.8) is 0 Å². The van der Waals surface area contributed by atoms with Crippen LogP contribution >= 0.6 is 11.3 Å². The van der Waals surface area contributed by atoms with Crippen LogP contribution in [0.15, 0.2) is 4.79 Å². The average Bonchev–Trinajstić information content (AvgIpc) is 3.05. The van der Waals surface area contributed by atoms with Gasteiger partial charge in [-0.25, -0.2) is 9.78 Å². The number of nitrogens with zero attached hydrogens (tertiary/aromatic N) is 3. The molecule has 2 aliphatic rings. The van der Waals surface area contributed by atoms with Crippen molar-refractivity contribution < 1.29 is 4.79 Å². The molecular weight excluding hydrogens is 374 g/mol. The van der Waals surface area contributed by atoms with Crippen LogP contribution < -0.4 is 10.9 Å². The SMILES string of the molecule is CCNC(=O)N1CCN(C(C)c2nc3sc4c(c3c(=O)[nH]2)CCC(C)C4)CC1. The van der Waals surface area contributed by atoms with Gasteiger partial charge in [0.2, 0.25) is 0 Å². The summed E-state index contributed by atoms with van der Waals surface area (Å²) in [4.78, 5) is 39.1. The molecule has 1 aliphatic heterocycles. The summed E-state index contributed by atoms with van der Waals surface area (Å²) in [7, 11) is 0. The first kappa shape index (κ1) is 19.4. The van der Waals surface area contributed by atoms with Crippen molar-refractivity contribution in [2.75, 3.05) is 32.7 Å². The van der Waals surface area contributed by atoms with E-state index < -0.39 is 0 Å². The van der Waals surface area contributed by atoms with Crippen LogP contribution in [0.3, 0.4) is 0 Å². The summed E-state index contributed by atoms with van der Waals surface area (Å²) in [5.41, 5.74) is 1.22. The van der Waals surface area contributed by atoms with Crippen molar-refractivity contribution in [1.29, 1.82) is 0 Å². The van der Waals surface area contributed by atoms with Gasteiger partial charge < -0.3 is 15.2 Å². The number of aryl methyl sites for hydroxylation is 1. The molecule has 2 aromatic rings. The maximum Gasteiger partial charge on any atom is 0.317 e. The fourth-order valence-electron chi connectivity index (χ4n) is 4.31. The summed E-state index contributed by atoms with van der Waals surface area (Å²) in [5, 5.41) is 3.66. The zero-order valence-corrected chi connectivity index (χ0v) is 17.7. The average molecular weight is 404 g/mol. The van der Waals surface area contributed by atoms with Gasteiger partial charge in [-0.15, -0.1) is 11.3 Å². The number of H-pyrrole nitrogens is 1. The highest BCUT2D eigenvalue weighted by Gasteiger charge is 2.27. The molecule has 8 heteroatoms. The van der Waals surface area contributed by atoms with E-state index in [2.05, 4.69) is 29.0 Å². The Morgan fingerprint density at radius 1 is 1.36 bits per heavy atom. The van der Waals surface area contributed by atoms with E-state index in [0.717, 1.165) is 48.4 Å². The lowest BCUT2D eigenvalue weighted by Crippen LogP contribution is -2.52. The second kappa shape index (κ2) is 7.83. The Hall–Kier alpha value is -1.93. The first-order chi connectivity index (χ1) is 13.5. The highest BCUT2D eigenvalue weighted by atomic mass is 32.1. The molecule has 0 saturated carbocycles. The number of urea groups is 1. The van der Waals surface area contributed by atoms with E-state index in [1.807, 2.05) is 11.8 Å². The van der Waals surface area contributed by atoms with Crippen LogP contribution in [-0.2, 0) is 12.8 Å². The predicted molar refractivity (Wildman–Crippen MR) is 112 cm³/mol. The van der Waals surface area contributed by atoms with Crippen molar-refractivity contribution in [2.45, 2.75) is 46.1 Å². The number of carbonyl (C=O) groups excluding carboxylic acids is 1. The minimum absolute atomic E-state index is 0.000127. The zero-order valence-electron chi connectivity index (χ0n) is 16.9. The van der Waals surface area contributed by atoms with E-state index in [9.17, 15) is 9.59 Å². The zero-order chi connectivity index (χ0) is 19.8. The molecule has 2 N–H and O–H groups in total. The topological polar surface area (TPSA) is 81.3 Å². The summed E-state index contributed by atoms with van der Waals surface area (Å²) in [5.74, 6) is 1.41. The highest BCUT2D eigenvalue weighted by Crippen LogP contribution is 2.36. The second-order valence-electron chi connectivity index (χ2n) is 8.02. The van der Waals surface area contributed by atoms with Gasteiger partial charge in [-0.2, -0.15) is 0 Å². The van der Waals surface area contributed by atoms with Crippen molar-refractivity contribution in [3.8, 4) is 0 Å². The van der Waals surface area contributed by atoms with E-state index in [1.165, 1.54) is 10.4 Å². The molecule has 2 unspecified atom stereocenters. The lowest BCUT2D eigenvalue weighted by Gasteiger charge is -2.37. The van der Waals surface area contributed by atoms with E-state index in [1.54, 1.807) is 11.3 Å². The van der Waals surface area contributed by atoms with E-state index in [-0.39, 0.29) is 17.6 Å². The number of hydrogen-bond donors (Lipinski definition) is 2. The number of aromatic amines is 1. The number of rotatable bonds is 3. The maximum absolute atomic E-state index is 12.8.